The lowest BCUT2D eigenvalue weighted by molar-refractivity contribution is -0.883. The fraction of sp³-hybridized carbons (Fsp3) is 0.939. The lowest BCUT2D eigenvalue weighted by Crippen LogP contribution is -2.67. The van der Waals surface area contributed by atoms with E-state index < -0.39 is 0 Å². The highest BCUT2D eigenvalue weighted by Crippen LogP contribution is 2.77. The van der Waals surface area contributed by atoms with Crippen molar-refractivity contribution in [3.05, 3.63) is 12.2 Å². The summed E-state index contributed by atoms with van der Waals surface area (Å²) < 4.78 is 14.6. The summed E-state index contributed by atoms with van der Waals surface area (Å²) in [7, 11) is 8.93. The summed E-state index contributed by atoms with van der Waals surface area (Å²) in [4.78, 5) is 27.6. The molecule has 5 aliphatic rings. The number of fused-ring (bicyclic) bond motifs is 7. The van der Waals surface area contributed by atoms with Crippen LogP contribution in [0.1, 0.15) is 274 Å². The SMILES string of the molecule is C=C(C)C1CC[C@]2(COC(=O)C[N+](C)(C)CCCCCCCCCCCCCC)CC[C@]3(C)C(CCC4[C@@]5(C)CC[C@H](OC(=O)C[N+](C)(C)CCCCCCCCCCCCCC)C(C)(C)C5CC[C@]43C)C12. The van der Waals surface area contributed by atoms with Gasteiger partial charge in [-0.15, -0.1) is 0 Å². The Morgan fingerprint density at radius 2 is 0.986 bits per heavy atom. The fourth-order valence-corrected chi connectivity index (χ4v) is 17.8. The number of allylic oxidation sites excluding steroid dienone is 1. The number of rotatable bonds is 34. The fourth-order valence-electron chi connectivity index (χ4n) is 17.8. The molecule has 0 spiro atoms. The van der Waals surface area contributed by atoms with Gasteiger partial charge in [-0.25, -0.2) is 9.59 Å². The third kappa shape index (κ3) is 15.6. The number of hydrogen-bond acceptors (Lipinski definition) is 4. The molecule has 6 nitrogen and oxygen atoms in total. The molecule has 5 rings (SSSR count). The number of likely N-dealkylation sites (N-methyl/N-ethyl adjacent to an activating group) is 2. The molecular weight excluding hydrogens is 885 g/mol. The normalized spacial score (nSPS) is 32.1. The van der Waals surface area contributed by atoms with Gasteiger partial charge in [-0.05, 0) is 143 Å². The number of unbranched alkanes of at least 4 members (excludes halogenated alkanes) is 22. The van der Waals surface area contributed by atoms with Gasteiger partial charge in [0.2, 0.25) is 0 Å². The van der Waals surface area contributed by atoms with Gasteiger partial charge in [0.25, 0.3) is 0 Å². The van der Waals surface area contributed by atoms with Crippen LogP contribution in [0.15, 0.2) is 12.2 Å². The predicted octanol–water partition coefficient (Wildman–Crippen LogP) is 17.7. The lowest BCUT2D eigenvalue weighted by atomic mass is 9.32. The number of nitrogens with zero attached hydrogens (tertiary/aromatic N) is 2. The van der Waals surface area contributed by atoms with Crippen LogP contribution in [-0.4, -0.2) is 88.0 Å². The third-order valence-corrected chi connectivity index (χ3v) is 22.3. The molecule has 0 aromatic carbocycles. The van der Waals surface area contributed by atoms with E-state index in [4.69, 9.17) is 9.47 Å². The zero-order chi connectivity index (χ0) is 52.7. The molecule has 5 aliphatic carbocycles. The molecule has 0 radical (unpaired) electrons. The van der Waals surface area contributed by atoms with Gasteiger partial charge in [0.05, 0.1) is 47.9 Å². The highest BCUT2D eigenvalue weighted by Gasteiger charge is 2.71. The Hall–Kier alpha value is -1.40. The Kier molecular flexibility index (Phi) is 23.7. The number of carbonyl (C=O) groups excluding carboxylic acids is 2. The van der Waals surface area contributed by atoms with Crippen molar-refractivity contribution < 1.29 is 28.0 Å². The maximum atomic E-state index is 13.8. The molecule has 6 heteroatoms. The second-order valence-corrected chi connectivity index (χ2v) is 29.0. The first-order chi connectivity index (χ1) is 34.1. The molecule has 5 unspecified atom stereocenters. The van der Waals surface area contributed by atoms with Gasteiger partial charge in [-0.3, -0.25) is 0 Å². The molecular formula is C66H122N2O4+2. The van der Waals surface area contributed by atoms with Gasteiger partial charge in [-0.2, -0.15) is 0 Å². The van der Waals surface area contributed by atoms with Crippen molar-refractivity contribution in [2.24, 2.45) is 56.7 Å². The van der Waals surface area contributed by atoms with E-state index in [9.17, 15) is 9.59 Å². The van der Waals surface area contributed by atoms with Crippen LogP contribution in [-0.2, 0) is 19.1 Å². The number of esters is 2. The summed E-state index contributed by atoms with van der Waals surface area (Å²) in [5.41, 5.74) is 2.06. The minimum Gasteiger partial charge on any atom is -0.461 e. The topological polar surface area (TPSA) is 52.6 Å². The van der Waals surface area contributed by atoms with Gasteiger partial charge in [0.15, 0.2) is 13.1 Å². The summed E-state index contributed by atoms with van der Waals surface area (Å²) in [6, 6.07) is 0. The molecule has 0 N–H and O–H groups in total. The van der Waals surface area contributed by atoms with E-state index in [0.717, 1.165) is 41.3 Å². The van der Waals surface area contributed by atoms with Crippen LogP contribution < -0.4 is 0 Å². The van der Waals surface area contributed by atoms with Crippen LogP contribution in [0.25, 0.3) is 0 Å². The quantitative estimate of drug-likeness (QED) is 0.0279. The van der Waals surface area contributed by atoms with Crippen molar-refractivity contribution in [3.63, 3.8) is 0 Å². The van der Waals surface area contributed by atoms with Crippen LogP contribution in [0.2, 0.25) is 0 Å². The summed E-state index contributed by atoms with van der Waals surface area (Å²) in [6.45, 7) is 28.2. The van der Waals surface area contributed by atoms with Crippen LogP contribution >= 0.6 is 0 Å². The van der Waals surface area contributed by atoms with Gasteiger partial charge in [0.1, 0.15) is 6.10 Å². The van der Waals surface area contributed by atoms with E-state index in [-0.39, 0.29) is 45.1 Å². The Morgan fingerprint density at radius 1 is 0.514 bits per heavy atom. The molecule has 0 heterocycles. The molecule has 418 valence electrons. The lowest BCUT2D eigenvalue weighted by Gasteiger charge is -2.73. The maximum Gasteiger partial charge on any atom is 0.362 e. The van der Waals surface area contributed by atoms with Gasteiger partial charge < -0.3 is 18.4 Å². The number of carbonyl (C=O) groups is 2. The van der Waals surface area contributed by atoms with Crippen molar-refractivity contribution in [3.8, 4) is 0 Å². The molecule has 0 aliphatic heterocycles. The monoisotopic (exact) mass is 1010 g/mol. The van der Waals surface area contributed by atoms with Crippen molar-refractivity contribution in [1.82, 2.24) is 0 Å². The van der Waals surface area contributed by atoms with Crippen LogP contribution in [0.5, 0.6) is 0 Å². The summed E-state index contributed by atoms with van der Waals surface area (Å²) in [5.74, 6) is 2.87. The molecule has 5 saturated carbocycles. The first-order valence-corrected chi connectivity index (χ1v) is 31.8. The van der Waals surface area contributed by atoms with E-state index in [1.807, 2.05) is 0 Å². The highest BCUT2D eigenvalue weighted by molar-refractivity contribution is 5.71. The number of quaternary nitrogens is 2. The first-order valence-electron chi connectivity index (χ1n) is 31.8. The second kappa shape index (κ2) is 27.8. The van der Waals surface area contributed by atoms with Gasteiger partial charge in [0, 0.05) is 10.8 Å². The molecule has 0 amide bonds. The molecule has 0 saturated heterocycles. The second-order valence-electron chi connectivity index (χ2n) is 29.0. The Labute approximate surface area is 447 Å². The summed E-state index contributed by atoms with van der Waals surface area (Å²) in [5, 5.41) is 0. The summed E-state index contributed by atoms with van der Waals surface area (Å²) >= 11 is 0. The first kappa shape index (κ1) is 61.5. The minimum atomic E-state index is -0.0591. The van der Waals surface area contributed by atoms with Crippen LogP contribution in [0.4, 0.5) is 0 Å². The Balaban J connectivity index is 1.11. The van der Waals surface area contributed by atoms with E-state index in [1.165, 1.54) is 205 Å². The maximum absolute atomic E-state index is 13.8. The van der Waals surface area contributed by atoms with Crippen molar-refractivity contribution in [2.75, 3.05) is 61.0 Å². The number of hydrogen-bond donors (Lipinski definition) is 0. The smallest absolute Gasteiger partial charge is 0.362 e. The van der Waals surface area contributed by atoms with Crippen molar-refractivity contribution in [1.29, 1.82) is 0 Å². The Morgan fingerprint density at radius 3 is 1.47 bits per heavy atom. The predicted molar refractivity (Wildman–Crippen MR) is 306 cm³/mol. The van der Waals surface area contributed by atoms with Gasteiger partial charge >= 0.3 is 11.9 Å². The van der Waals surface area contributed by atoms with E-state index >= 15 is 0 Å². The zero-order valence-electron chi connectivity index (χ0n) is 50.3. The van der Waals surface area contributed by atoms with E-state index in [0.29, 0.717) is 49.3 Å². The van der Waals surface area contributed by atoms with E-state index in [2.05, 4.69) is 90.2 Å². The summed E-state index contributed by atoms with van der Waals surface area (Å²) in [6.07, 6.45) is 44.5. The van der Waals surface area contributed by atoms with Crippen LogP contribution in [0.3, 0.4) is 0 Å². The average molecular weight is 1010 g/mol. The molecule has 10 atom stereocenters. The van der Waals surface area contributed by atoms with Crippen molar-refractivity contribution >= 4 is 11.9 Å². The third-order valence-electron chi connectivity index (χ3n) is 22.3. The largest absolute Gasteiger partial charge is 0.461 e. The number of ether oxygens (including phenoxy) is 2. The standard InChI is InChI=1S/C66H122N2O4/c1-14-16-18-20-22-24-26-28-30-32-34-36-48-67(10,11)50-59(69)71-52-66-45-40-54(53(3)4)61(66)55-38-39-57-63(7)43-42-58(62(5,6)56(63)41-44-65(57,9)64(55,8)46-47-66)72-60(70)51-68(12,13)49-37-35-33-31-29-27-25-23-21-19-17-15-2/h54-58,61H,3,14-52H2,1-2,4-13H3/q+2/t54?,55?,56?,57?,58-,61?,63-,64+,65+,66+/m0/s1. The molecule has 72 heavy (non-hydrogen) atoms. The van der Waals surface area contributed by atoms with Crippen molar-refractivity contribution in [2.45, 2.75) is 280 Å². The Bertz CT molecular complexity index is 1650. The van der Waals surface area contributed by atoms with E-state index in [1.54, 1.807) is 0 Å². The molecule has 0 aromatic heterocycles. The van der Waals surface area contributed by atoms with Gasteiger partial charge in [-0.1, -0.05) is 189 Å². The molecule has 0 aromatic rings. The van der Waals surface area contributed by atoms with Crippen LogP contribution in [0, 0.1) is 56.7 Å². The molecule has 5 fully saturated rings. The zero-order valence-corrected chi connectivity index (χ0v) is 50.3. The molecule has 0 bridgehead atoms. The minimum absolute atomic E-state index is 0.00239. The average Bonchev–Trinajstić information content (AvgIpc) is 3.70. The highest BCUT2D eigenvalue weighted by atomic mass is 16.5.